The van der Waals surface area contributed by atoms with Gasteiger partial charge in [0.15, 0.2) is 16.6 Å². The molecule has 1 unspecified atom stereocenters. The molecule has 0 fully saturated rings. The second-order valence-corrected chi connectivity index (χ2v) is 6.72. The van der Waals surface area contributed by atoms with E-state index in [4.69, 9.17) is 26.4 Å². The lowest BCUT2D eigenvalue weighted by Gasteiger charge is -2.31. The molecule has 1 amide bonds. The van der Waals surface area contributed by atoms with Crippen molar-refractivity contribution in [2.24, 2.45) is 0 Å². The van der Waals surface area contributed by atoms with Crippen LogP contribution in [0.25, 0.3) is 0 Å². The summed E-state index contributed by atoms with van der Waals surface area (Å²) in [7, 11) is 4.69. The van der Waals surface area contributed by atoms with Gasteiger partial charge in [-0.2, -0.15) is 0 Å². The standard InChI is InChI=1S/C21H23N3O4S/c1-12-17(20(25)23-14-9-5-6-10-15(14)26-2)18(24-21(29)22-12)13-8-7-11-16(27-3)19(13)28-4/h5-11,18H,1-4H3,(H,23,25)(H2,22,24,29). The number of hydrogen-bond donors (Lipinski definition) is 3. The van der Waals surface area contributed by atoms with Crippen molar-refractivity contribution < 1.29 is 19.0 Å². The van der Waals surface area contributed by atoms with E-state index in [1.807, 2.05) is 31.2 Å². The molecule has 0 bridgehead atoms. The normalized spacial score (nSPS) is 15.9. The molecule has 3 N–H and O–H groups in total. The summed E-state index contributed by atoms with van der Waals surface area (Å²) in [6.45, 7) is 1.81. The monoisotopic (exact) mass is 413 g/mol. The molecule has 0 radical (unpaired) electrons. The van der Waals surface area contributed by atoms with Crippen molar-refractivity contribution in [1.29, 1.82) is 0 Å². The molecule has 2 aromatic carbocycles. The number of para-hydroxylation sites is 3. The van der Waals surface area contributed by atoms with Gasteiger partial charge in [-0.05, 0) is 37.3 Å². The van der Waals surface area contributed by atoms with Gasteiger partial charge in [-0.1, -0.05) is 24.3 Å². The molecule has 3 rings (SSSR count). The van der Waals surface area contributed by atoms with E-state index in [-0.39, 0.29) is 5.91 Å². The van der Waals surface area contributed by atoms with Crippen LogP contribution < -0.4 is 30.2 Å². The highest BCUT2D eigenvalue weighted by molar-refractivity contribution is 7.80. The van der Waals surface area contributed by atoms with Crippen LogP contribution in [0.4, 0.5) is 5.69 Å². The van der Waals surface area contributed by atoms with Crippen LogP contribution in [-0.4, -0.2) is 32.3 Å². The Morgan fingerprint density at radius 3 is 2.38 bits per heavy atom. The van der Waals surface area contributed by atoms with Gasteiger partial charge in [0.2, 0.25) is 0 Å². The van der Waals surface area contributed by atoms with Crippen molar-refractivity contribution >= 4 is 28.9 Å². The fourth-order valence-electron chi connectivity index (χ4n) is 3.30. The van der Waals surface area contributed by atoms with E-state index in [2.05, 4.69) is 16.0 Å². The summed E-state index contributed by atoms with van der Waals surface area (Å²) < 4.78 is 16.3. The largest absolute Gasteiger partial charge is 0.495 e. The summed E-state index contributed by atoms with van der Waals surface area (Å²) in [4.78, 5) is 13.3. The Kier molecular flexibility index (Phi) is 6.23. The lowest BCUT2D eigenvalue weighted by molar-refractivity contribution is -0.113. The molecule has 1 atom stereocenters. The zero-order valence-corrected chi connectivity index (χ0v) is 17.5. The van der Waals surface area contributed by atoms with E-state index in [0.29, 0.717) is 39.3 Å². The van der Waals surface area contributed by atoms with Crippen LogP contribution in [0.1, 0.15) is 18.5 Å². The molecule has 2 aromatic rings. The molecule has 0 aromatic heterocycles. The maximum Gasteiger partial charge on any atom is 0.255 e. The van der Waals surface area contributed by atoms with Crippen LogP contribution in [-0.2, 0) is 4.79 Å². The van der Waals surface area contributed by atoms with Crippen LogP contribution in [0.15, 0.2) is 53.7 Å². The number of anilines is 1. The van der Waals surface area contributed by atoms with Gasteiger partial charge in [0, 0.05) is 11.3 Å². The molecule has 0 spiro atoms. The summed E-state index contributed by atoms with van der Waals surface area (Å²) in [5.74, 6) is 1.39. The average molecular weight is 413 g/mol. The van der Waals surface area contributed by atoms with Gasteiger partial charge in [-0.3, -0.25) is 4.79 Å². The van der Waals surface area contributed by atoms with E-state index in [1.54, 1.807) is 39.5 Å². The minimum atomic E-state index is -0.525. The third-order valence-corrected chi connectivity index (χ3v) is 4.83. The minimum Gasteiger partial charge on any atom is -0.495 e. The number of thiocarbonyl (C=S) groups is 1. The summed E-state index contributed by atoms with van der Waals surface area (Å²) in [6.07, 6.45) is 0. The molecule has 1 aliphatic heterocycles. The van der Waals surface area contributed by atoms with Crippen LogP contribution in [0.3, 0.4) is 0 Å². The maximum atomic E-state index is 13.3. The molecule has 0 saturated carbocycles. The number of nitrogens with one attached hydrogen (secondary N) is 3. The predicted octanol–water partition coefficient (Wildman–Crippen LogP) is 3.14. The molecule has 1 aliphatic rings. The van der Waals surface area contributed by atoms with Crippen LogP contribution in [0, 0.1) is 0 Å². The van der Waals surface area contributed by atoms with Gasteiger partial charge in [0.25, 0.3) is 5.91 Å². The second kappa shape index (κ2) is 8.83. The minimum absolute atomic E-state index is 0.288. The summed E-state index contributed by atoms with van der Waals surface area (Å²) in [5, 5.41) is 9.54. The third kappa shape index (κ3) is 4.12. The fourth-order valence-corrected chi connectivity index (χ4v) is 3.58. The van der Waals surface area contributed by atoms with Gasteiger partial charge in [0.1, 0.15) is 5.75 Å². The molecule has 29 heavy (non-hydrogen) atoms. The SMILES string of the molecule is COc1ccccc1NC(=O)C1=C(C)NC(=S)NC1c1cccc(OC)c1OC. The number of allylic oxidation sites excluding steroid dienone is 1. The van der Waals surface area contributed by atoms with Crippen LogP contribution in [0.5, 0.6) is 17.2 Å². The zero-order valence-electron chi connectivity index (χ0n) is 16.7. The van der Waals surface area contributed by atoms with Crippen molar-refractivity contribution in [1.82, 2.24) is 10.6 Å². The Bertz CT molecular complexity index is 974. The van der Waals surface area contributed by atoms with Crippen molar-refractivity contribution in [2.75, 3.05) is 26.6 Å². The summed E-state index contributed by atoms with van der Waals surface area (Å²) >= 11 is 5.33. The molecule has 0 saturated heterocycles. The Morgan fingerprint density at radius 1 is 1.00 bits per heavy atom. The number of amides is 1. The van der Waals surface area contributed by atoms with Gasteiger partial charge >= 0.3 is 0 Å². The first-order valence-electron chi connectivity index (χ1n) is 8.93. The van der Waals surface area contributed by atoms with Crippen molar-refractivity contribution in [2.45, 2.75) is 13.0 Å². The van der Waals surface area contributed by atoms with Crippen molar-refractivity contribution in [3.05, 3.63) is 59.3 Å². The Labute approximate surface area is 175 Å². The molecule has 7 nitrogen and oxygen atoms in total. The van der Waals surface area contributed by atoms with E-state index in [0.717, 1.165) is 5.56 Å². The lowest BCUT2D eigenvalue weighted by Crippen LogP contribution is -2.45. The quantitative estimate of drug-likeness (QED) is 0.628. The lowest BCUT2D eigenvalue weighted by atomic mass is 9.93. The van der Waals surface area contributed by atoms with Gasteiger partial charge in [-0.15, -0.1) is 0 Å². The van der Waals surface area contributed by atoms with Crippen LogP contribution >= 0.6 is 12.2 Å². The first-order valence-corrected chi connectivity index (χ1v) is 9.34. The number of hydrogen-bond acceptors (Lipinski definition) is 5. The highest BCUT2D eigenvalue weighted by Crippen LogP contribution is 2.39. The first-order chi connectivity index (χ1) is 14.0. The summed E-state index contributed by atoms with van der Waals surface area (Å²) in [6, 6.07) is 12.2. The molecular formula is C21H23N3O4S. The zero-order chi connectivity index (χ0) is 21.0. The smallest absolute Gasteiger partial charge is 0.255 e. The fraction of sp³-hybridized carbons (Fsp3) is 0.238. The van der Waals surface area contributed by atoms with Crippen molar-refractivity contribution in [3.63, 3.8) is 0 Å². The number of rotatable bonds is 6. The van der Waals surface area contributed by atoms with Crippen LogP contribution in [0.2, 0.25) is 0 Å². The second-order valence-electron chi connectivity index (χ2n) is 6.31. The molecule has 8 heteroatoms. The Morgan fingerprint density at radius 2 is 1.69 bits per heavy atom. The first kappa shape index (κ1) is 20.5. The molecule has 0 aliphatic carbocycles. The summed E-state index contributed by atoms with van der Waals surface area (Å²) in [5.41, 5.74) is 2.44. The average Bonchev–Trinajstić information content (AvgIpc) is 2.72. The molecular weight excluding hydrogens is 390 g/mol. The highest BCUT2D eigenvalue weighted by Gasteiger charge is 2.33. The number of ether oxygens (including phenoxy) is 3. The van der Waals surface area contributed by atoms with E-state index in [1.165, 1.54) is 0 Å². The van der Waals surface area contributed by atoms with E-state index in [9.17, 15) is 4.79 Å². The maximum absolute atomic E-state index is 13.3. The van der Waals surface area contributed by atoms with Crippen molar-refractivity contribution in [3.8, 4) is 17.2 Å². The number of carbonyl (C=O) groups is 1. The van der Waals surface area contributed by atoms with Gasteiger partial charge in [-0.25, -0.2) is 0 Å². The third-order valence-electron chi connectivity index (χ3n) is 4.61. The van der Waals surface area contributed by atoms with E-state index >= 15 is 0 Å². The number of methoxy groups -OCH3 is 3. The topological polar surface area (TPSA) is 80.9 Å². The van der Waals surface area contributed by atoms with Gasteiger partial charge < -0.3 is 30.2 Å². The highest BCUT2D eigenvalue weighted by atomic mass is 32.1. The predicted molar refractivity (Wildman–Crippen MR) is 115 cm³/mol. The van der Waals surface area contributed by atoms with Gasteiger partial charge in [0.05, 0.1) is 38.6 Å². The Hall–Kier alpha value is -3.26. The number of benzene rings is 2. The van der Waals surface area contributed by atoms with E-state index < -0.39 is 6.04 Å². The molecule has 152 valence electrons. The molecule has 1 heterocycles. The number of carbonyl (C=O) groups excluding carboxylic acids is 1. The Balaban J connectivity index is 2.04.